The first-order valence-electron chi connectivity index (χ1n) is 5.99. The summed E-state index contributed by atoms with van der Waals surface area (Å²) >= 11 is 0. The molecular formula is C13H15N5. The number of hydrogen-bond acceptors (Lipinski definition) is 3. The average Bonchev–Trinajstić information content (AvgIpc) is 3.03. The molecule has 1 aliphatic rings. The van der Waals surface area contributed by atoms with Gasteiger partial charge in [-0.05, 0) is 12.8 Å². The molecule has 2 aromatic rings. The van der Waals surface area contributed by atoms with Crippen molar-refractivity contribution < 1.29 is 0 Å². The van der Waals surface area contributed by atoms with Crippen molar-refractivity contribution in [2.45, 2.75) is 25.3 Å². The van der Waals surface area contributed by atoms with E-state index in [9.17, 15) is 0 Å². The predicted molar refractivity (Wildman–Crippen MR) is 69.6 cm³/mol. The Labute approximate surface area is 106 Å². The zero-order valence-electron chi connectivity index (χ0n) is 10.3. The smallest absolute Gasteiger partial charge is 0.132 e. The van der Waals surface area contributed by atoms with Crippen molar-refractivity contribution in [2.75, 3.05) is 5.73 Å². The van der Waals surface area contributed by atoms with Gasteiger partial charge in [0.25, 0.3) is 0 Å². The second-order valence-electron chi connectivity index (χ2n) is 4.67. The summed E-state index contributed by atoms with van der Waals surface area (Å²) in [4.78, 5) is 4.66. The van der Waals surface area contributed by atoms with Crippen molar-refractivity contribution in [1.29, 1.82) is 0 Å². The van der Waals surface area contributed by atoms with Gasteiger partial charge >= 0.3 is 0 Å². The molecule has 0 aliphatic heterocycles. The van der Waals surface area contributed by atoms with E-state index in [0.717, 1.165) is 17.1 Å². The van der Waals surface area contributed by atoms with Gasteiger partial charge in [-0.3, -0.25) is 4.68 Å². The molecule has 0 amide bonds. The quantitative estimate of drug-likeness (QED) is 0.826. The molecule has 0 unspecified atom stereocenters. The van der Waals surface area contributed by atoms with E-state index in [1.807, 2.05) is 17.8 Å². The first kappa shape index (κ1) is 10.9. The Balaban J connectivity index is 2.10. The molecule has 0 atom stereocenters. The summed E-state index contributed by atoms with van der Waals surface area (Å²) in [6.07, 6.45) is 11.4. The maximum absolute atomic E-state index is 6.16. The van der Waals surface area contributed by atoms with Crippen LogP contribution >= 0.6 is 0 Å². The fourth-order valence-corrected chi connectivity index (χ4v) is 2.15. The van der Waals surface area contributed by atoms with Crippen LogP contribution in [0.25, 0.3) is 11.3 Å². The van der Waals surface area contributed by atoms with Crippen molar-refractivity contribution in [1.82, 2.24) is 19.3 Å². The van der Waals surface area contributed by atoms with Crippen molar-refractivity contribution in [3.8, 4) is 23.6 Å². The lowest BCUT2D eigenvalue weighted by atomic mass is 10.2. The van der Waals surface area contributed by atoms with E-state index >= 15 is 0 Å². The largest absolute Gasteiger partial charge is 0.383 e. The normalized spacial score (nSPS) is 14.7. The standard InChI is InChI=1S/C13H15N5/c1-3-6-18-12(14)11(10-7-15-17(2)8-10)16-13(18)9-4-5-9/h1,7-9H,4-6,14H2,2H3. The number of terminal acetylenes is 1. The van der Waals surface area contributed by atoms with Crippen LogP contribution in [0.15, 0.2) is 12.4 Å². The average molecular weight is 241 g/mol. The second kappa shape index (κ2) is 3.91. The van der Waals surface area contributed by atoms with E-state index in [2.05, 4.69) is 16.0 Å². The summed E-state index contributed by atoms with van der Waals surface area (Å²) in [6.45, 7) is 0.477. The number of aromatic nitrogens is 4. The number of nitrogens with zero attached hydrogens (tertiary/aromatic N) is 4. The van der Waals surface area contributed by atoms with Crippen LogP contribution in [0, 0.1) is 12.3 Å². The van der Waals surface area contributed by atoms with Crippen LogP contribution in [0.1, 0.15) is 24.6 Å². The van der Waals surface area contributed by atoms with E-state index < -0.39 is 0 Å². The summed E-state index contributed by atoms with van der Waals surface area (Å²) in [5.74, 6) is 4.82. The van der Waals surface area contributed by atoms with E-state index in [1.54, 1.807) is 10.9 Å². The van der Waals surface area contributed by atoms with Gasteiger partial charge in [-0.1, -0.05) is 5.92 Å². The van der Waals surface area contributed by atoms with E-state index in [1.165, 1.54) is 12.8 Å². The van der Waals surface area contributed by atoms with E-state index in [-0.39, 0.29) is 0 Å². The summed E-state index contributed by atoms with van der Waals surface area (Å²) in [6, 6.07) is 0. The topological polar surface area (TPSA) is 61.7 Å². The van der Waals surface area contributed by atoms with Gasteiger partial charge in [-0.2, -0.15) is 5.10 Å². The van der Waals surface area contributed by atoms with Gasteiger partial charge in [-0.25, -0.2) is 4.98 Å². The first-order chi connectivity index (χ1) is 8.70. The number of imidazole rings is 1. The molecule has 2 aromatic heterocycles. The van der Waals surface area contributed by atoms with Gasteiger partial charge in [0, 0.05) is 24.7 Å². The number of nitrogen functional groups attached to an aromatic ring is 1. The van der Waals surface area contributed by atoms with Crippen molar-refractivity contribution in [3.05, 3.63) is 18.2 Å². The Bertz CT molecular complexity index is 624. The molecule has 1 saturated carbocycles. The second-order valence-corrected chi connectivity index (χ2v) is 4.67. The Morgan fingerprint density at radius 1 is 1.56 bits per heavy atom. The first-order valence-corrected chi connectivity index (χ1v) is 5.99. The Morgan fingerprint density at radius 2 is 2.33 bits per heavy atom. The Morgan fingerprint density at radius 3 is 2.89 bits per heavy atom. The summed E-state index contributed by atoms with van der Waals surface area (Å²) in [5, 5.41) is 4.15. The molecule has 0 radical (unpaired) electrons. The Kier molecular flexibility index (Phi) is 2.37. The molecule has 3 rings (SSSR count). The highest BCUT2D eigenvalue weighted by atomic mass is 15.2. The molecule has 1 aliphatic carbocycles. The maximum atomic E-state index is 6.16. The zero-order valence-corrected chi connectivity index (χ0v) is 10.3. The van der Waals surface area contributed by atoms with Crippen LogP contribution in [0.3, 0.4) is 0 Å². The number of nitrogens with two attached hydrogens (primary N) is 1. The third-order valence-corrected chi connectivity index (χ3v) is 3.21. The monoisotopic (exact) mass is 241 g/mol. The fourth-order valence-electron chi connectivity index (χ4n) is 2.15. The summed E-state index contributed by atoms with van der Waals surface area (Å²) in [5.41, 5.74) is 7.89. The van der Waals surface area contributed by atoms with Gasteiger partial charge in [0.2, 0.25) is 0 Å². The van der Waals surface area contributed by atoms with Crippen molar-refractivity contribution >= 4 is 5.82 Å². The fraction of sp³-hybridized carbons (Fsp3) is 0.385. The van der Waals surface area contributed by atoms with Crippen LogP contribution in [-0.4, -0.2) is 19.3 Å². The molecule has 5 nitrogen and oxygen atoms in total. The number of anilines is 1. The third-order valence-electron chi connectivity index (χ3n) is 3.21. The van der Waals surface area contributed by atoms with Crippen molar-refractivity contribution in [3.63, 3.8) is 0 Å². The lowest BCUT2D eigenvalue weighted by molar-refractivity contribution is 0.762. The summed E-state index contributed by atoms with van der Waals surface area (Å²) < 4.78 is 3.69. The molecule has 0 saturated heterocycles. The van der Waals surface area contributed by atoms with Gasteiger partial charge < -0.3 is 10.3 Å². The molecule has 0 bridgehead atoms. The third kappa shape index (κ3) is 1.66. The maximum Gasteiger partial charge on any atom is 0.132 e. The lowest BCUT2D eigenvalue weighted by Crippen LogP contribution is -2.05. The van der Waals surface area contributed by atoms with Gasteiger partial charge in [0.15, 0.2) is 0 Å². The molecule has 2 N–H and O–H groups in total. The van der Waals surface area contributed by atoms with Gasteiger partial charge in [0.05, 0.1) is 12.7 Å². The van der Waals surface area contributed by atoms with E-state index in [4.69, 9.17) is 12.2 Å². The van der Waals surface area contributed by atoms with Crippen LogP contribution < -0.4 is 5.73 Å². The molecule has 2 heterocycles. The molecule has 18 heavy (non-hydrogen) atoms. The molecular weight excluding hydrogens is 226 g/mol. The molecule has 5 heteroatoms. The number of rotatable bonds is 3. The van der Waals surface area contributed by atoms with Crippen LogP contribution in [0.2, 0.25) is 0 Å². The van der Waals surface area contributed by atoms with Crippen LogP contribution in [0.4, 0.5) is 5.82 Å². The molecule has 0 spiro atoms. The van der Waals surface area contributed by atoms with Gasteiger partial charge in [-0.15, -0.1) is 6.42 Å². The van der Waals surface area contributed by atoms with E-state index in [0.29, 0.717) is 18.3 Å². The predicted octanol–water partition coefficient (Wildman–Crippen LogP) is 1.38. The molecule has 0 aromatic carbocycles. The highest BCUT2D eigenvalue weighted by molar-refractivity contribution is 5.70. The zero-order chi connectivity index (χ0) is 12.7. The Hall–Kier alpha value is -2.22. The number of aryl methyl sites for hydroxylation is 1. The van der Waals surface area contributed by atoms with Crippen LogP contribution in [0.5, 0.6) is 0 Å². The van der Waals surface area contributed by atoms with Crippen molar-refractivity contribution in [2.24, 2.45) is 7.05 Å². The highest BCUT2D eigenvalue weighted by Crippen LogP contribution is 2.42. The lowest BCUT2D eigenvalue weighted by Gasteiger charge is -2.04. The number of hydrogen-bond donors (Lipinski definition) is 1. The SMILES string of the molecule is C#CCn1c(C2CC2)nc(-c2cnn(C)c2)c1N. The highest BCUT2D eigenvalue weighted by Gasteiger charge is 2.30. The minimum atomic E-state index is 0.477. The summed E-state index contributed by atoms with van der Waals surface area (Å²) in [7, 11) is 1.87. The van der Waals surface area contributed by atoms with Gasteiger partial charge in [0.1, 0.15) is 17.3 Å². The van der Waals surface area contributed by atoms with Crippen LogP contribution in [-0.2, 0) is 13.6 Å². The minimum absolute atomic E-state index is 0.477. The molecule has 92 valence electrons. The molecule has 1 fully saturated rings. The minimum Gasteiger partial charge on any atom is -0.383 e.